The molecule has 84 valence electrons. The first-order chi connectivity index (χ1) is 7.07. The number of carbonyl (C=O) groups is 3. The van der Waals surface area contributed by atoms with E-state index in [4.69, 9.17) is 0 Å². The smallest absolute Gasteiger partial charge is 0.375 e. The average molecular weight is 212 g/mol. The van der Waals surface area contributed by atoms with Crippen LogP contribution < -0.4 is 0 Å². The van der Waals surface area contributed by atoms with Gasteiger partial charge in [0.05, 0.1) is 12.5 Å². The summed E-state index contributed by atoms with van der Waals surface area (Å²) in [7, 11) is 0. The molecule has 1 fully saturated rings. The predicted octanol–water partition coefficient (Wildman–Crippen LogP) is 1.12. The maximum Gasteiger partial charge on any atom is 0.375 e. The Hall–Kier alpha value is -1.19. The van der Waals surface area contributed by atoms with Crippen molar-refractivity contribution in [2.75, 3.05) is 6.61 Å². The third-order valence-corrected chi connectivity index (χ3v) is 2.75. The van der Waals surface area contributed by atoms with Crippen molar-refractivity contribution >= 4 is 17.5 Å². The van der Waals surface area contributed by atoms with Crippen LogP contribution in [0, 0.1) is 11.8 Å². The Morgan fingerprint density at radius 3 is 2.67 bits per heavy atom. The SMILES string of the molecule is CCOC(=O)C(=O)[C@@H]1CCC[C@@H](C)C1=O. The highest BCUT2D eigenvalue weighted by Crippen LogP contribution is 2.26. The number of hydrogen-bond donors (Lipinski definition) is 0. The van der Waals surface area contributed by atoms with Gasteiger partial charge in [-0.2, -0.15) is 0 Å². The minimum Gasteiger partial charge on any atom is -0.460 e. The Morgan fingerprint density at radius 1 is 1.40 bits per heavy atom. The molecular weight excluding hydrogens is 196 g/mol. The number of rotatable bonds is 3. The van der Waals surface area contributed by atoms with Crippen LogP contribution in [0.4, 0.5) is 0 Å². The van der Waals surface area contributed by atoms with Crippen LogP contribution in [0.25, 0.3) is 0 Å². The molecule has 0 aromatic rings. The Labute approximate surface area is 89.0 Å². The molecule has 1 aliphatic rings. The van der Waals surface area contributed by atoms with E-state index in [2.05, 4.69) is 4.74 Å². The molecule has 0 aromatic carbocycles. The number of ketones is 2. The Morgan fingerprint density at radius 2 is 2.07 bits per heavy atom. The number of ether oxygens (including phenoxy) is 1. The summed E-state index contributed by atoms with van der Waals surface area (Å²) in [6.07, 6.45) is 2.12. The van der Waals surface area contributed by atoms with E-state index < -0.39 is 17.7 Å². The second-order valence-corrected chi connectivity index (χ2v) is 3.87. The van der Waals surface area contributed by atoms with E-state index in [9.17, 15) is 14.4 Å². The normalized spacial score (nSPS) is 26.1. The molecule has 0 aliphatic heterocycles. The summed E-state index contributed by atoms with van der Waals surface area (Å²) in [6, 6.07) is 0. The van der Waals surface area contributed by atoms with E-state index >= 15 is 0 Å². The molecule has 1 rings (SSSR count). The fraction of sp³-hybridized carbons (Fsp3) is 0.727. The van der Waals surface area contributed by atoms with Crippen LogP contribution in [0.15, 0.2) is 0 Å². The van der Waals surface area contributed by atoms with Gasteiger partial charge >= 0.3 is 5.97 Å². The molecule has 0 unspecified atom stereocenters. The predicted molar refractivity (Wildman–Crippen MR) is 53.2 cm³/mol. The fourth-order valence-electron chi connectivity index (χ4n) is 1.86. The second kappa shape index (κ2) is 5.05. The number of Topliss-reactive ketones (excluding diaryl/α,β-unsaturated/α-hetero) is 2. The molecular formula is C11H16O4. The molecule has 4 heteroatoms. The van der Waals surface area contributed by atoms with Crippen LogP contribution >= 0.6 is 0 Å². The van der Waals surface area contributed by atoms with Crippen LogP contribution in [0.2, 0.25) is 0 Å². The first kappa shape index (κ1) is 11.9. The minimum atomic E-state index is -0.870. The highest BCUT2D eigenvalue weighted by atomic mass is 16.5. The van der Waals surface area contributed by atoms with E-state index in [1.807, 2.05) is 0 Å². The van der Waals surface area contributed by atoms with Crippen molar-refractivity contribution in [3.8, 4) is 0 Å². The summed E-state index contributed by atoms with van der Waals surface area (Å²) in [5.74, 6) is -2.52. The standard InChI is InChI=1S/C11H16O4/c1-3-15-11(14)10(13)8-6-4-5-7(2)9(8)12/h7-8H,3-6H2,1-2H3/t7-,8-/m1/s1. The van der Waals surface area contributed by atoms with E-state index in [0.717, 1.165) is 12.8 Å². The minimum absolute atomic E-state index is 0.109. The molecule has 0 aromatic heterocycles. The summed E-state index contributed by atoms with van der Waals surface area (Å²) in [5, 5.41) is 0. The van der Waals surface area contributed by atoms with Crippen molar-refractivity contribution in [2.24, 2.45) is 11.8 Å². The highest BCUT2D eigenvalue weighted by Gasteiger charge is 2.37. The van der Waals surface area contributed by atoms with Gasteiger partial charge in [-0.3, -0.25) is 9.59 Å². The van der Waals surface area contributed by atoms with Crippen LogP contribution in [-0.2, 0) is 19.1 Å². The van der Waals surface area contributed by atoms with Gasteiger partial charge in [-0.15, -0.1) is 0 Å². The zero-order valence-electron chi connectivity index (χ0n) is 9.12. The summed E-state index contributed by atoms with van der Waals surface area (Å²) in [6.45, 7) is 3.60. The Bertz CT molecular complexity index is 282. The van der Waals surface area contributed by atoms with Crippen molar-refractivity contribution < 1.29 is 19.1 Å². The molecule has 0 bridgehead atoms. The van der Waals surface area contributed by atoms with E-state index in [0.29, 0.717) is 6.42 Å². The first-order valence-corrected chi connectivity index (χ1v) is 5.32. The van der Waals surface area contributed by atoms with Gasteiger partial charge < -0.3 is 4.74 Å². The van der Waals surface area contributed by atoms with Gasteiger partial charge in [0.2, 0.25) is 5.78 Å². The van der Waals surface area contributed by atoms with Gasteiger partial charge in [0.15, 0.2) is 0 Å². The molecule has 0 heterocycles. The molecule has 0 amide bonds. The molecule has 2 atom stereocenters. The van der Waals surface area contributed by atoms with Crippen molar-refractivity contribution in [1.82, 2.24) is 0 Å². The third kappa shape index (κ3) is 2.64. The second-order valence-electron chi connectivity index (χ2n) is 3.87. The maximum absolute atomic E-state index is 11.6. The largest absolute Gasteiger partial charge is 0.460 e. The van der Waals surface area contributed by atoms with Crippen molar-refractivity contribution in [1.29, 1.82) is 0 Å². The fourth-order valence-corrected chi connectivity index (χ4v) is 1.86. The molecule has 4 nitrogen and oxygen atoms in total. The third-order valence-electron chi connectivity index (χ3n) is 2.75. The Kier molecular flexibility index (Phi) is 4.00. The van der Waals surface area contributed by atoms with Crippen LogP contribution in [0.5, 0.6) is 0 Å². The number of esters is 1. The topological polar surface area (TPSA) is 60.4 Å². The Balaban J connectivity index is 2.66. The summed E-state index contributed by atoms with van der Waals surface area (Å²) in [4.78, 5) is 34.4. The molecule has 1 aliphatic carbocycles. The zero-order valence-corrected chi connectivity index (χ0v) is 9.12. The zero-order chi connectivity index (χ0) is 11.4. The molecule has 0 N–H and O–H groups in total. The lowest BCUT2D eigenvalue weighted by Crippen LogP contribution is -2.37. The van der Waals surface area contributed by atoms with Gasteiger partial charge in [0.1, 0.15) is 5.78 Å². The maximum atomic E-state index is 11.6. The molecule has 15 heavy (non-hydrogen) atoms. The number of carbonyl (C=O) groups excluding carboxylic acids is 3. The lowest BCUT2D eigenvalue weighted by atomic mass is 9.79. The average Bonchev–Trinajstić information content (AvgIpc) is 2.21. The van der Waals surface area contributed by atoms with Crippen molar-refractivity contribution in [3.63, 3.8) is 0 Å². The van der Waals surface area contributed by atoms with Gasteiger partial charge in [0.25, 0.3) is 0 Å². The summed E-state index contributed by atoms with van der Waals surface area (Å²) >= 11 is 0. The van der Waals surface area contributed by atoms with E-state index in [1.165, 1.54) is 0 Å². The van der Waals surface area contributed by atoms with E-state index in [-0.39, 0.29) is 18.3 Å². The molecule has 0 spiro atoms. The quantitative estimate of drug-likeness (QED) is 0.399. The lowest BCUT2D eigenvalue weighted by molar-refractivity contribution is -0.157. The molecule has 0 saturated heterocycles. The molecule has 1 saturated carbocycles. The lowest BCUT2D eigenvalue weighted by Gasteiger charge is -2.23. The van der Waals surface area contributed by atoms with Crippen LogP contribution in [0.3, 0.4) is 0 Å². The van der Waals surface area contributed by atoms with Gasteiger partial charge in [-0.05, 0) is 19.8 Å². The highest BCUT2D eigenvalue weighted by molar-refractivity contribution is 6.38. The van der Waals surface area contributed by atoms with Crippen LogP contribution in [0.1, 0.15) is 33.1 Å². The van der Waals surface area contributed by atoms with Crippen LogP contribution in [-0.4, -0.2) is 24.1 Å². The van der Waals surface area contributed by atoms with Gasteiger partial charge in [-0.1, -0.05) is 13.3 Å². The monoisotopic (exact) mass is 212 g/mol. The van der Waals surface area contributed by atoms with E-state index in [1.54, 1.807) is 13.8 Å². The van der Waals surface area contributed by atoms with Crippen molar-refractivity contribution in [2.45, 2.75) is 33.1 Å². The summed E-state index contributed by atoms with van der Waals surface area (Å²) in [5.41, 5.74) is 0. The first-order valence-electron chi connectivity index (χ1n) is 5.32. The molecule has 0 radical (unpaired) electrons. The van der Waals surface area contributed by atoms with Gasteiger partial charge in [-0.25, -0.2) is 4.79 Å². The number of hydrogen-bond acceptors (Lipinski definition) is 4. The van der Waals surface area contributed by atoms with Gasteiger partial charge in [0, 0.05) is 5.92 Å². The van der Waals surface area contributed by atoms with Crippen molar-refractivity contribution in [3.05, 3.63) is 0 Å². The summed E-state index contributed by atoms with van der Waals surface area (Å²) < 4.78 is 4.60.